The van der Waals surface area contributed by atoms with Crippen LogP contribution in [0.5, 0.6) is 0 Å². The van der Waals surface area contributed by atoms with E-state index >= 15 is 0 Å². The van der Waals surface area contributed by atoms with Gasteiger partial charge in [-0.25, -0.2) is 0 Å². The van der Waals surface area contributed by atoms with Crippen LogP contribution in [0.3, 0.4) is 0 Å². The Balaban J connectivity index is 3.06. The van der Waals surface area contributed by atoms with Crippen LogP contribution in [0, 0.1) is 0 Å². The number of halogens is 1. The number of hydrogen-bond donors (Lipinski definition) is 2. The lowest BCUT2D eigenvalue weighted by Gasteiger charge is -2.07. The minimum absolute atomic E-state index is 0.0457. The standard InChI is InChI=1S/C14H29ClN2O4/c15-5-3-1-2-4-8-19-11-12-20-10-7-17-14(18)13-21-9-6-16/h1-13,16H2,(H,17,18). The molecule has 0 unspecified atom stereocenters. The van der Waals surface area contributed by atoms with E-state index in [2.05, 4.69) is 5.32 Å². The summed E-state index contributed by atoms with van der Waals surface area (Å²) in [4.78, 5) is 11.2. The first-order valence-corrected chi connectivity index (χ1v) is 8.10. The highest BCUT2D eigenvalue weighted by molar-refractivity contribution is 6.17. The zero-order chi connectivity index (χ0) is 15.6. The molecule has 0 heterocycles. The molecule has 1 amide bonds. The minimum Gasteiger partial charge on any atom is -0.379 e. The summed E-state index contributed by atoms with van der Waals surface area (Å²) in [5, 5.41) is 2.69. The second kappa shape index (κ2) is 17.7. The molecule has 6 nitrogen and oxygen atoms in total. The van der Waals surface area contributed by atoms with Gasteiger partial charge in [0.2, 0.25) is 5.91 Å². The Morgan fingerprint density at radius 3 is 2.33 bits per heavy atom. The SMILES string of the molecule is NCCOCC(=O)NCCOCCOCCCCCCCl. The minimum atomic E-state index is -0.153. The average Bonchev–Trinajstić information content (AvgIpc) is 2.48. The monoisotopic (exact) mass is 324 g/mol. The van der Waals surface area contributed by atoms with E-state index < -0.39 is 0 Å². The van der Waals surface area contributed by atoms with E-state index in [0.29, 0.717) is 39.5 Å². The van der Waals surface area contributed by atoms with E-state index in [1.807, 2.05) is 0 Å². The van der Waals surface area contributed by atoms with Crippen molar-refractivity contribution < 1.29 is 19.0 Å². The average molecular weight is 325 g/mol. The summed E-state index contributed by atoms with van der Waals surface area (Å²) in [6.45, 7) is 3.70. The van der Waals surface area contributed by atoms with Crippen molar-refractivity contribution in [3.8, 4) is 0 Å². The van der Waals surface area contributed by atoms with Crippen molar-refractivity contribution in [1.29, 1.82) is 0 Å². The Hall–Kier alpha value is -0.400. The molecule has 0 aromatic carbocycles. The van der Waals surface area contributed by atoms with Crippen LogP contribution < -0.4 is 11.1 Å². The van der Waals surface area contributed by atoms with Crippen LogP contribution in [-0.4, -0.2) is 64.5 Å². The van der Waals surface area contributed by atoms with Gasteiger partial charge in [0, 0.05) is 25.6 Å². The highest BCUT2D eigenvalue weighted by Crippen LogP contribution is 2.00. The number of nitrogens with one attached hydrogen (secondary N) is 1. The Morgan fingerprint density at radius 2 is 1.62 bits per heavy atom. The van der Waals surface area contributed by atoms with E-state index in [4.69, 9.17) is 31.5 Å². The summed E-state index contributed by atoms with van der Waals surface area (Å²) in [7, 11) is 0. The number of ether oxygens (including phenoxy) is 3. The molecule has 0 aromatic heterocycles. The maximum atomic E-state index is 11.2. The van der Waals surface area contributed by atoms with Crippen LogP contribution in [-0.2, 0) is 19.0 Å². The van der Waals surface area contributed by atoms with Gasteiger partial charge in [-0.3, -0.25) is 4.79 Å². The Bertz CT molecular complexity index is 233. The first-order chi connectivity index (χ1) is 10.3. The number of carbonyl (C=O) groups excluding carboxylic acids is 1. The molecule has 0 bridgehead atoms. The van der Waals surface area contributed by atoms with Crippen LogP contribution in [0.1, 0.15) is 25.7 Å². The highest BCUT2D eigenvalue weighted by Gasteiger charge is 1.99. The number of nitrogens with two attached hydrogens (primary N) is 1. The van der Waals surface area contributed by atoms with Crippen molar-refractivity contribution in [3.63, 3.8) is 0 Å². The van der Waals surface area contributed by atoms with E-state index in [1.54, 1.807) is 0 Å². The lowest BCUT2D eigenvalue weighted by Crippen LogP contribution is -2.31. The van der Waals surface area contributed by atoms with E-state index in [-0.39, 0.29) is 12.5 Å². The molecule has 0 saturated heterocycles. The van der Waals surface area contributed by atoms with Gasteiger partial charge in [-0.2, -0.15) is 0 Å². The van der Waals surface area contributed by atoms with Gasteiger partial charge in [0.25, 0.3) is 0 Å². The molecule has 0 atom stereocenters. The predicted octanol–water partition coefficient (Wildman–Crippen LogP) is 0.910. The maximum absolute atomic E-state index is 11.2. The number of hydrogen-bond acceptors (Lipinski definition) is 5. The fourth-order valence-electron chi connectivity index (χ4n) is 1.54. The number of carbonyl (C=O) groups is 1. The molecule has 126 valence electrons. The summed E-state index contributed by atoms with van der Waals surface area (Å²) >= 11 is 5.59. The smallest absolute Gasteiger partial charge is 0.246 e. The predicted molar refractivity (Wildman–Crippen MR) is 83.7 cm³/mol. The van der Waals surface area contributed by atoms with Crippen molar-refractivity contribution >= 4 is 17.5 Å². The van der Waals surface area contributed by atoms with Crippen molar-refractivity contribution in [2.45, 2.75) is 25.7 Å². The summed E-state index contributed by atoms with van der Waals surface area (Å²) in [5.74, 6) is 0.588. The number of alkyl halides is 1. The summed E-state index contributed by atoms with van der Waals surface area (Å²) in [6.07, 6.45) is 4.47. The van der Waals surface area contributed by atoms with Crippen LogP contribution in [0.25, 0.3) is 0 Å². The second-order valence-electron chi connectivity index (χ2n) is 4.52. The van der Waals surface area contributed by atoms with Crippen LogP contribution in [0.15, 0.2) is 0 Å². The van der Waals surface area contributed by atoms with Gasteiger partial charge in [0.1, 0.15) is 6.61 Å². The molecule has 0 aromatic rings. The molecule has 7 heteroatoms. The van der Waals surface area contributed by atoms with Crippen molar-refractivity contribution in [2.24, 2.45) is 5.73 Å². The zero-order valence-electron chi connectivity index (χ0n) is 12.8. The molecule has 0 radical (unpaired) electrons. The first kappa shape index (κ1) is 20.6. The number of unbranched alkanes of at least 4 members (excludes halogenated alkanes) is 3. The molecule has 0 fully saturated rings. The first-order valence-electron chi connectivity index (χ1n) is 7.57. The van der Waals surface area contributed by atoms with Gasteiger partial charge in [-0.15, -0.1) is 11.6 Å². The number of rotatable bonds is 16. The summed E-state index contributed by atoms with van der Waals surface area (Å²) in [6, 6.07) is 0. The fourth-order valence-corrected chi connectivity index (χ4v) is 1.72. The second-order valence-corrected chi connectivity index (χ2v) is 4.90. The molecular formula is C14H29ClN2O4. The topological polar surface area (TPSA) is 82.8 Å². The Morgan fingerprint density at radius 1 is 0.905 bits per heavy atom. The third-order valence-corrected chi connectivity index (χ3v) is 2.88. The normalized spacial score (nSPS) is 10.8. The third kappa shape index (κ3) is 17.5. The van der Waals surface area contributed by atoms with Crippen LogP contribution in [0.4, 0.5) is 0 Å². The maximum Gasteiger partial charge on any atom is 0.246 e. The molecule has 0 spiro atoms. The Labute approximate surface area is 132 Å². The highest BCUT2D eigenvalue weighted by atomic mass is 35.5. The van der Waals surface area contributed by atoms with E-state index in [9.17, 15) is 4.79 Å². The number of amides is 1. The van der Waals surface area contributed by atoms with E-state index in [1.165, 1.54) is 0 Å². The van der Waals surface area contributed by atoms with Crippen molar-refractivity contribution in [2.75, 3.05) is 58.6 Å². The molecule has 0 aliphatic carbocycles. The lowest BCUT2D eigenvalue weighted by molar-refractivity contribution is -0.125. The molecule has 21 heavy (non-hydrogen) atoms. The van der Waals surface area contributed by atoms with Crippen LogP contribution in [0.2, 0.25) is 0 Å². The molecule has 0 aliphatic rings. The molecule has 0 aliphatic heterocycles. The molecular weight excluding hydrogens is 296 g/mol. The van der Waals surface area contributed by atoms with Gasteiger partial charge < -0.3 is 25.3 Å². The van der Waals surface area contributed by atoms with E-state index in [0.717, 1.165) is 38.2 Å². The fraction of sp³-hybridized carbons (Fsp3) is 0.929. The quantitative estimate of drug-likeness (QED) is 0.326. The van der Waals surface area contributed by atoms with Gasteiger partial charge in [-0.05, 0) is 12.8 Å². The van der Waals surface area contributed by atoms with Crippen molar-refractivity contribution in [3.05, 3.63) is 0 Å². The van der Waals surface area contributed by atoms with Crippen molar-refractivity contribution in [1.82, 2.24) is 5.32 Å². The largest absolute Gasteiger partial charge is 0.379 e. The molecule has 3 N–H and O–H groups in total. The zero-order valence-corrected chi connectivity index (χ0v) is 13.5. The Kier molecular flexibility index (Phi) is 17.3. The summed E-state index contributed by atoms with van der Waals surface area (Å²) in [5.41, 5.74) is 5.24. The van der Waals surface area contributed by atoms with Gasteiger partial charge >= 0.3 is 0 Å². The molecule has 0 rings (SSSR count). The summed E-state index contributed by atoms with van der Waals surface area (Å²) < 4.78 is 15.8. The molecule has 0 saturated carbocycles. The van der Waals surface area contributed by atoms with Gasteiger partial charge in [0.05, 0.1) is 26.4 Å². The third-order valence-electron chi connectivity index (χ3n) is 2.61. The van der Waals surface area contributed by atoms with Gasteiger partial charge in [0.15, 0.2) is 0 Å². The van der Waals surface area contributed by atoms with Crippen LogP contribution >= 0.6 is 11.6 Å². The lowest BCUT2D eigenvalue weighted by atomic mass is 10.2. The van der Waals surface area contributed by atoms with Gasteiger partial charge in [-0.1, -0.05) is 12.8 Å².